The van der Waals surface area contributed by atoms with Gasteiger partial charge in [-0.2, -0.15) is 0 Å². The van der Waals surface area contributed by atoms with Gasteiger partial charge in [-0.1, -0.05) is 32.9 Å². The Morgan fingerprint density at radius 2 is 1.47 bits per heavy atom. The van der Waals surface area contributed by atoms with Crippen molar-refractivity contribution < 1.29 is 67.3 Å². The van der Waals surface area contributed by atoms with Gasteiger partial charge in [0, 0.05) is 65.4 Å². The number of ether oxygens (including phenoxy) is 8. The van der Waals surface area contributed by atoms with E-state index in [2.05, 4.69) is 29.7 Å². The lowest BCUT2D eigenvalue weighted by Gasteiger charge is -2.51. The SMILES string of the molecule is CC[C@H]1OC(=O)[C@H](C)C(OC2CC(C)(OC)C(O)C(C)O2)[C@H](C)C(OC2OC(C)CC(N(C)C)C2O[Si](C)(C)C)[C@](C)(OC)C[C@@H](C)/C(=N\OC(C)(C)OC)[C@H](C)[C@@H](O)[C@]1(C)O. The van der Waals surface area contributed by atoms with Crippen LogP contribution in [0.3, 0.4) is 0 Å². The van der Waals surface area contributed by atoms with Crippen LogP contribution < -0.4 is 0 Å². The predicted octanol–water partition coefficient (Wildman–Crippen LogP) is 5.48. The molecule has 0 radical (unpaired) electrons. The average Bonchev–Trinajstić information content (AvgIpc) is 3.18. The zero-order valence-electron chi connectivity index (χ0n) is 41.7. The monoisotopic (exact) mass is 907 g/mol. The van der Waals surface area contributed by atoms with Gasteiger partial charge in [0.1, 0.15) is 23.9 Å². The Bertz CT molecular complexity index is 1460. The molecule has 0 saturated carbocycles. The lowest BCUT2D eigenvalue weighted by molar-refractivity contribution is -0.318. The van der Waals surface area contributed by atoms with Crippen molar-refractivity contribution in [3.05, 3.63) is 0 Å². The van der Waals surface area contributed by atoms with Crippen LogP contribution in [0.5, 0.6) is 0 Å². The van der Waals surface area contributed by atoms with Crippen LogP contribution >= 0.6 is 0 Å². The van der Waals surface area contributed by atoms with Crippen LogP contribution in [0.15, 0.2) is 5.16 Å². The van der Waals surface area contributed by atoms with E-state index in [1.165, 1.54) is 21.1 Å². The number of aliphatic hydroxyl groups is 3. The van der Waals surface area contributed by atoms with Gasteiger partial charge in [0.15, 0.2) is 20.9 Å². The minimum atomic E-state index is -2.19. The highest BCUT2D eigenvalue weighted by Gasteiger charge is 2.54. The van der Waals surface area contributed by atoms with Crippen molar-refractivity contribution in [2.24, 2.45) is 28.8 Å². The van der Waals surface area contributed by atoms with E-state index in [1.54, 1.807) is 55.6 Å². The van der Waals surface area contributed by atoms with Crippen LogP contribution in [0.1, 0.15) is 109 Å². The highest BCUT2D eigenvalue weighted by Crippen LogP contribution is 2.42. The summed E-state index contributed by atoms with van der Waals surface area (Å²) in [7, 11) is 6.53. The molecule has 0 aromatic heterocycles. The number of hydrogen-bond acceptors (Lipinski definition) is 16. The Labute approximate surface area is 374 Å². The topological polar surface area (TPSA) is 186 Å². The van der Waals surface area contributed by atoms with Crippen LogP contribution in [0.4, 0.5) is 0 Å². The van der Waals surface area contributed by atoms with Gasteiger partial charge >= 0.3 is 5.97 Å². The van der Waals surface area contributed by atoms with E-state index in [0.717, 1.165) is 6.42 Å². The molecule has 18 atom stereocenters. The summed E-state index contributed by atoms with van der Waals surface area (Å²) in [6, 6.07) is -0.0469. The van der Waals surface area contributed by atoms with Crippen LogP contribution in [-0.4, -0.2) is 166 Å². The molecule has 3 saturated heterocycles. The van der Waals surface area contributed by atoms with Crippen molar-refractivity contribution in [3.8, 4) is 0 Å². The second-order valence-electron chi connectivity index (χ2n) is 20.6. The second kappa shape index (κ2) is 21.5. The Morgan fingerprint density at radius 3 is 1.98 bits per heavy atom. The fraction of sp³-hybridized carbons (Fsp3) is 0.956. The number of rotatable bonds is 13. The number of oxime groups is 1. The fourth-order valence-corrected chi connectivity index (χ4v) is 10.6. The van der Waals surface area contributed by atoms with Crippen LogP contribution in [-0.2, 0) is 52.0 Å². The lowest BCUT2D eigenvalue weighted by Crippen LogP contribution is -2.62. The molecule has 0 aromatic rings. The van der Waals surface area contributed by atoms with Crippen LogP contribution in [0, 0.1) is 23.7 Å². The molecule has 3 aliphatic rings. The molecule has 3 aliphatic heterocycles. The smallest absolute Gasteiger partial charge is 0.311 e. The molecule has 10 unspecified atom stereocenters. The zero-order valence-corrected chi connectivity index (χ0v) is 42.7. The molecule has 0 spiro atoms. The molecule has 3 N–H and O–H groups in total. The summed E-state index contributed by atoms with van der Waals surface area (Å²) in [5.41, 5.74) is -3.70. The van der Waals surface area contributed by atoms with Gasteiger partial charge in [0.05, 0.1) is 53.4 Å². The Morgan fingerprint density at radius 1 is 0.871 bits per heavy atom. The largest absolute Gasteiger partial charge is 0.459 e. The van der Waals surface area contributed by atoms with Gasteiger partial charge in [0.2, 0.25) is 5.79 Å². The van der Waals surface area contributed by atoms with Crippen molar-refractivity contribution in [3.63, 3.8) is 0 Å². The van der Waals surface area contributed by atoms with E-state index in [1.807, 2.05) is 41.8 Å². The first-order chi connectivity index (χ1) is 28.4. The number of cyclic esters (lactones) is 1. The molecular formula is C45H86N2O14Si. The summed E-state index contributed by atoms with van der Waals surface area (Å²) < 4.78 is 58.4. The summed E-state index contributed by atoms with van der Waals surface area (Å²) in [4.78, 5) is 22.7. The number of nitrogens with zero attached hydrogens (tertiary/aromatic N) is 2. The van der Waals surface area contributed by atoms with Gasteiger partial charge in [-0.05, 0) is 94.5 Å². The molecule has 16 nitrogen and oxygen atoms in total. The first-order valence-electron chi connectivity index (χ1n) is 22.6. The van der Waals surface area contributed by atoms with E-state index in [0.29, 0.717) is 5.71 Å². The second-order valence-corrected chi connectivity index (χ2v) is 25.1. The highest BCUT2D eigenvalue weighted by molar-refractivity contribution is 6.69. The summed E-state index contributed by atoms with van der Waals surface area (Å²) in [5, 5.41) is 40.0. The van der Waals surface area contributed by atoms with Crippen LogP contribution in [0.25, 0.3) is 0 Å². The van der Waals surface area contributed by atoms with E-state index in [9.17, 15) is 20.1 Å². The molecule has 0 aliphatic carbocycles. The summed E-state index contributed by atoms with van der Waals surface area (Å²) in [6.07, 6.45) is -7.18. The summed E-state index contributed by atoms with van der Waals surface area (Å²) in [5.74, 6) is -4.68. The lowest BCUT2D eigenvalue weighted by atomic mass is 9.73. The van der Waals surface area contributed by atoms with Gasteiger partial charge in [0.25, 0.3) is 0 Å². The maximum absolute atomic E-state index is 14.6. The number of aliphatic hydroxyl groups excluding tert-OH is 2. The number of hydrogen-bond donors (Lipinski definition) is 3. The quantitative estimate of drug-likeness (QED) is 0.0912. The molecule has 3 fully saturated rings. The van der Waals surface area contributed by atoms with E-state index < -0.39 is 116 Å². The third-order valence-electron chi connectivity index (χ3n) is 13.6. The Hall–Kier alpha value is -1.32. The van der Waals surface area contributed by atoms with Crippen molar-refractivity contribution in [2.45, 2.75) is 218 Å². The molecule has 3 rings (SSSR count). The molecule has 0 amide bonds. The standard InChI is InChI=1S/C45H86N2O14Si/c1-21-32-45(12,51)37(48)27(4)34(46-61-42(8,9)52-15)25(2)23-44(11,54-17)39(59-41-36(60-62(18,19)20)31(47(13)14)22-26(3)55-41)28(5)35(29(6)40(50)57-32)58-33-24-43(10,53-16)38(49)30(7)56-33/h25-33,35-39,41,48-49,51H,21-24H2,1-20H3/b46-34+/t25-,26?,27+,28+,29-,30?,31?,32-,33?,35?,36?,37-,38?,39?,41?,43?,44-,45-/m1/s1. The third kappa shape index (κ3) is 13.0. The number of esters is 1. The highest BCUT2D eigenvalue weighted by atomic mass is 28.4. The number of carbonyl (C=O) groups is 1. The van der Waals surface area contributed by atoms with Gasteiger partial charge in [-0.15, -0.1) is 0 Å². The van der Waals surface area contributed by atoms with Crippen molar-refractivity contribution in [1.29, 1.82) is 0 Å². The van der Waals surface area contributed by atoms with Crippen molar-refractivity contribution in [2.75, 3.05) is 35.4 Å². The van der Waals surface area contributed by atoms with Gasteiger partial charge < -0.3 is 67.4 Å². The maximum atomic E-state index is 14.6. The molecule has 0 aromatic carbocycles. The molecule has 3 heterocycles. The minimum Gasteiger partial charge on any atom is -0.459 e. The Kier molecular flexibility index (Phi) is 19.1. The summed E-state index contributed by atoms with van der Waals surface area (Å²) in [6.45, 7) is 28.0. The predicted molar refractivity (Wildman–Crippen MR) is 238 cm³/mol. The van der Waals surface area contributed by atoms with E-state index in [4.69, 9.17) is 47.2 Å². The fourth-order valence-electron chi connectivity index (χ4n) is 9.49. The minimum absolute atomic E-state index is 0.0469. The molecule has 17 heteroatoms. The molecular weight excluding hydrogens is 821 g/mol. The molecule has 0 bridgehead atoms. The first-order valence-corrected chi connectivity index (χ1v) is 26.0. The number of carbonyl (C=O) groups excluding carboxylic acids is 1. The molecule has 364 valence electrons. The zero-order chi connectivity index (χ0) is 47.5. The first kappa shape index (κ1) is 55.0. The van der Waals surface area contributed by atoms with Gasteiger partial charge in [-0.25, -0.2) is 0 Å². The Balaban J connectivity index is 2.38. The number of likely N-dealkylation sites (N-methyl/N-ethyl adjacent to an activating group) is 1. The maximum Gasteiger partial charge on any atom is 0.311 e. The van der Waals surface area contributed by atoms with Crippen LogP contribution in [0.2, 0.25) is 19.6 Å². The van der Waals surface area contributed by atoms with E-state index >= 15 is 0 Å². The number of methoxy groups -OCH3 is 3. The third-order valence-corrected chi connectivity index (χ3v) is 14.6. The van der Waals surface area contributed by atoms with Crippen molar-refractivity contribution in [1.82, 2.24) is 4.90 Å². The van der Waals surface area contributed by atoms with E-state index in [-0.39, 0.29) is 31.4 Å². The average molecular weight is 907 g/mol. The van der Waals surface area contributed by atoms with Gasteiger partial charge in [-0.3, -0.25) is 4.79 Å². The summed E-state index contributed by atoms with van der Waals surface area (Å²) >= 11 is 0. The normalized spacial score (nSPS) is 44.2. The molecule has 62 heavy (non-hydrogen) atoms. The van der Waals surface area contributed by atoms with Crippen molar-refractivity contribution >= 4 is 20.0 Å².